The number of carbonyl (C=O) groups is 1. The molecule has 92 valence electrons. The van der Waals surface area contributed by atoms with Crippen molar-refractivity contribution in [2.45, 2.75) is 25.9 Å². The Morgan fingerprint density at radius 1 is 1.56 bits per heavy atom. The molecule has 0 saturated carbocycles. The number of carboxylic acid groups (broad SMARTS) is 1. The van der Waals surface area contributed by atoms with Crippen LogP contribution in [0.15, 0.2) is 6.20 Å². The van der Waals surface area contributed by atoms with Gasteiger partial charge < -0.3 is 15.0 Å². The monoisotopic (exact) mass is 267 g/mol. The number of carboxylic acids is 1. The van der Waals surface area contributed by atoms with E-state index in [9.17, 15) is 4.79 Å². The minimum atomic E-state index is -0.755. The van der Waals surface area contributed by atoms with E-state index in [1.165, 1.54) is 0 Å². The Morgan fingerprint density at radius 2 is 2.31 bits per heavy atom. The molecule has 0 unspecified atom stereocenters. The van der Waals surface area contributed by atoms with Gasteiger partial charge in [-0.15, -0.1) is 24.8 Å². The summed E-state index contributed by atoms with van der Waals surface area (Å²) < 4.78 is 2.11. The van der Waals surface area contributed by atoms with Crippen LogP contribution in [0.1, 0.15) is 17.9 Å². The molecule has 0 saturated heterocycles. The van der Waals surface area contributed by atoms with E-state index in [1.54, 1.807) is 6.20 Å². The zero-order chi connectivity index (χ0) is 9.97. The maximum atomic E-state index is 10.4. The fourth-order valence-electron chi connectivity index (χ4n) is 1.69. The number of nitrogens with zero attached hydrogens (tertiary/aromatic N) is 2. The Labute approximate surface area is 106 Å². The molecule has 2 N–H and O–H groups in total. The van der Waals surface area contributed by atoms with E-state index < -0.39 is 5.97 Å². The van der Waals surface area contributed by atoms with E-state index in [4.69, 9.17) is 5.11 Å². The minimum Gasteiger partial charge on any atom is -0.481 e. The molecule has 1 aliphatic rings. The predicted octanol–water partition coefficient (Wildman–Crippen LogP) is 0.847. The number of fused-ring (bicyclic) bond motifs is 1. The molecule has 2 rings (SSSR count). The Balaban J connectivity index is 0.00000112. The Bertz CT molecular complexity index is 355. The van der Waals surface area contributed by atoms with Crippen LogP contribution >= 0.6 is 24.8 Å². The quantitative estimate of drug-likeness (QED) is 0.852. The smallest absolute Gasteiger partial charge is 0.303 e. The number of aliphatic carboxylic acids is 1. The van der Waals surface area contributed by atoms with Gasteiger partial charge in [-0.25, -0.2) is 4.98 Å². The second kappa shape index (κ2) is 6.73. The van der Waals surface area contributed by atoms with Crippen LogP contribution in [0.25, 0.3) is 0 Å². The van der Waals surface area contributed by atoms with Gasteiger partial charge in [-0.3, -0.25) is 4.79 Å². The lowest BCUT2D eigenvalue weighted by atomic mass is 10.2. The van der Waals surface area contributed by atoms with Crippen molar-refractivity contribution in [1.82, 2.24) is 14.9 Å². The van der Waals surface area contributed by atoms with Crippen LogP contribution in [0, 0.1) is 0 Å². The van der Waals surface area contributed by atoms with E-state index in [0.29, 0.717) is 6.42 Å². The van der Waals surface area contributed by atoms with Crippen LogP contribution in [-0.4, -0.2) is 27.2 Å². The summed E-state index contributed by atoms with van der Waals surface area (Å²) in [6.45, 7) is 2.61. The highest BCUT2D eigenvalue weighted by atomic mass is 35.5. The van der Waals surface area contributed by atoms with Crippen molar-refractivity contribution in [1.29, 1.82) is 0 Å². The van der Waals surface area contributed by atoms with Crippen molar-refractivity contribution in [3.05, 3.63) is 17.7 Å². The number of rotatable bonds is 3. The van der Waals surface area contributed by atoms with Gasteiger partial charge in [-0.1, -0.05) is 0 Å². The third-order valence-corrected chi connectivity index (χ3v) is 2.41. The molecule has 0 fully saturated rings. The first kappa shape index (κ1) is 15.2. The fraction of sp³-hybridized carbons (Fsp3) is 0.556. The van der Waals surface area contributed by atoms with Gasteiger partial charge in [-0.2, -0.15) is 0 Å². The standard InChI is InChI=1S/C9H13N3O2.2ClH/c13-9(14)2-1-7-5-11-8-6-10-3-4-12(7)8;;/h5,10H,1-4,6H2,(H,13,14);2*1H. The zero-order valence-corrected chi connectivity index (χ0v) is 10.3. The van der Waals surface area contributed by atoms with Crippen LogP contribution < -0.4 is 5.32 Å². The summed E-state index contributed by atoms with van der Waals surface area (Å²) in [5, 5.41) is 11.8. The highest BCUT2D eigenvalue weighted by Crippen LogP contribution is 2.10. The molecule has 0 bridgehead atoms. The van der Waals surface area contributed by atoms with Crippen molar-refractivity contribution in [2.75, 3.05) is 6.54 Å². The Kier molecular flexibility index (Phi) is 6.40. The molecule has 0 amide bonds. The molecule has 1 aliphatic heterocycles. The average Bonchev–Trinajstić information content (AvgIpc) is 2.58. The van der Waals surface area contributed by atoms with E-state index in [1.807, 2.05) is 0 Å². The van der Waals surface area contributed by atoms with Crippen molar-refractivity contribution in [2.24, 2.45) is 0 Å². The molecule has 1 aromatic heterocycles. The van der Waals surface area contributed by atoms with Gasteiger partial charge >= 0.3 is 5.97 Å². The first-order chi connectivity index (χ1) is 6.77. The number of hydrogen-bond acceptors (Lipinski definition) is 3. The molecular weight excluding hydrogens is 253 g/mol. The molecule has 0 spiro atoms. The molecule has 1 aromatic rings. The van der Waals surface area contributed by atoms with Gasteiger partial charge in [0.15, 0.2) is 0 Å². The predicted molar refractivity (Wildman–Crippen MR) is 64.4 cm³/mol. The third-order valence-electron chi connectivity index (χ3n) is 2.41. The van der Waals surface area contributed by atoms with Crippen LogP contribution in [0.5, 0.6) is 0 Å². The molecule has 7 heteroatoms. The summed E-state index contributed by atoms with van der Waals surface area (Å²) in [5.74, 6) is 0.256. The molecule has 5 nitrogen and oxygen atoms in total. The van der Waals surface area contributed by atoms with Crippen LogP contribution in [-0.2, 0) is 24.3 Å². The van der Waals surface area contributed by atoms with Gasteiger partial charge in [0, 0.05) is 25.0 Å². The SMILES string of the molecule is Cl.Cl.O=C(O)CCc1cnc2n1CCNC2. The van der Waals surface area contributed by atoms with Crippen LogP contribution in [0.2, 0.25) is 0 Å². The van der Waals surface area contributed by atoms with Gasteiger partial charge in [-0.05, 0) is 6.42 Å². The zero-order valence-electron chi connectivity index (χ0n) is 8.68. The topological polar surface area (TPSA) is 67.1 Å². The largest absolute Gasteiger partial charge is 0.481 e. The molecule has 0 atom stereocenters. The third kappa shape index (κ3) is 3.37. The molecular formula is C9H15Cl2N3O2. The first-order valence-electron chi connectivity index (χ1n) is 4.73. The van der Waals surface area contributed by atoms with Gasteiger partial charge in [0.25, 0.3) is 0 Å². The van der Waals surface area contributed by atoms with E-state index >= 15 is 0 Å². The second-order valence-electron chi connectivity index (χ2n) is 3.39. The second-order valence-corrected chi connectivity index (χ2v) is 3.39. The van der Waals surface area contributed by atoms with Gasteiger partial charge in [0.1, 0.15) is 5.82 Å². The Hall–Kier alpha value is -0.780. The highest BCUT2D eigenvalue weighted by molar-refractivity contribution is 5.85. The van der Waals surface area contributed by atoms with E-state index in [2.05, 4.69) is 14.9 Å². The first-order valence-corrected chi connectivity index (χ1v) is 4.73. The normalized spacial score (nSPS) is 13.2. The average molecular weight is 268 g/mol. The number of nitrogens with one attached hydrogen (secondary N) is 1. The molecule has 16 heavy (non-hydrogen) atoms. The van der Waals surface area contributed by atoms with Crippen LogP contribution in [0.3, 0.4) is 0 Å². The van der Waals surface area contributed by atoms with Gasteiger partial charge in [0.05, 0.1) is 13.0 Å². The summed E-state index contributed by atoms with van der Waals surface area (Å²) in [4.78, 5) is 14.7. The molecule has 0 radical (unpaired) electrons. The number of aromatic nitrogens is 2. The number of imidazole rings is 1. The summed E-state index contributed by atoms with van der Waals surface area (Å²) in [6.07, 6.45) is 2.53. The van der Waals surface area contributed by atoms with E-state index in [0.717, 1.165) is 31.2 Å². The molecule has 0 aromatic carbocycles. The lowest BCUT2D eigenvalue weighted by Crippen LogP contribution is -2.29. The Morgan fingerprint density at radius 3 is 3.00 bits per heavy atom. The highest BCUT2D eigenvalue weighted by Gasteiger charge is 2.13. The van der Waals surface area contributed by atoms with Gasteiger partial charge in [0.2, 0.25) is 0 Å². The summed E-state index contributed by atoms with van der Waals surface area (Å²) >= 11 is 0. The molecule has 2 heterocycles. The van der Waals surface area contributed by atoms with E-state index in [-0.39, 0.29) is 31.2 Å². The van der Waals surface area contributed by atoms with Crippen molar-refractivity contribution in [3.63, 3.8) is 0 Å². The maximum Gasteiger partial charge on any atom is 0.303 e. The van der Waals surface area contributed by atoms with Crippen LogP contribution in [0.4, 0.5) is 0 Å². The lowest BCUT2D eigenvalue weighted by molar-refractivity contribution is -0.136. The summed E-state index contributed by atoms with van der Waals surface area (Å²) in [5.41, 5.74) is 1.03. The maximum absolute atomic E-state index is 10.4. The fourth-order valence-corrected chi connectivity index (χ4v) is 1.69. The number of hydrogen-bond donors (Lipinski definition) is 2. The number of aryl methyl sites for hydroxylation is 1. The minimum absolute atomic E-state index is 0. The molecule has 0 aliphatic carbocycles. The summed E-state index contributed by atoms with van der Waals surface area (Å²) in [7, 11) is 0. The number of halogens is 2. The summed E-state index contributed by atoms with van der Waals surface area (Å²) in [6, 6.07) is 0. The lowest BCUT2D eigenvalue weighted by Gasteiger charge is -2.17. The van der Waals surface area contributed by atoms with Crippen molar-refractivity contribution >= 4 is 30.8 Å². The van der Waals surface area contributed by atoms with Crippen molar-refractivity contribution in [3.8, 4) is 0 Å². The van der Waals surface area contributed by atoms with Crippen molar-refractivity contribution < 1.29 is 9.90 Å².